The number of anilines is 1. The van der Waals surface area contributed by atoms with Crippen LogP contribution in [-0.2, 0) is 6.18 Å². The highest BCUT2D eigenvalue weighted by molar-refractivity contribution is 5.99. The van der Waals surface area contributed by atoms with E-state index >= 15 is 0 Å². The lowest BCUT2D eigenvalue weighted by Crippen LogP contribution is -2.43. The highest BCUT2D eigenvalue weighted by atomic mass is 19.4. The molecule has 0 aliphatic heterocycles. The Labute approximate surface area is 122 Å². The van der Waals surface area contributed by atoms with E-state index in [1.165, 1.54) is 17.0 Å². The van der Waals surface area contributed by atoms with Gasteiger partial charge in [-0.25, -0.2) is 0 Å². The second-order valence-electron chi connectivity index (χ2n) is 6.22. The van der Waals surface area contributed by atoms with Crippen LogP contribution in [0.1, 0.15) is 43.6 Å². The van der Waals surface area contributed by atoms with Crippen LogP contribution in [0.3, 0.4) is 0 Å². The Bertz CT molecular complexity index is 533. The molecule has 0 spiro atoms. The molecule has 0 aliphatic carbocycles. The van der Waals surface area contributed by atoms with Crippen molar-refractivity contribution in [2.45, 2.75) is 39.9 Å². The fourth-order valence-electron chi connectivity index (χ4n) is 1.95. The van der Waals surface area contributed by atoms with Gasteiger partial charge in [-0.1, -0.05) is 26.8 Å². The van der Waals surface area contributed by atoms with Crippen molar-refractivity contribution in [3.05, 3.63) is 29.3 Å². The summed E-state index contributed by atoms with van der Waals surface area (Å²) in [7, 11) is 1.57. The molecule has 1 atom stereocenters. The van der Waals surface area contributed by atoms with Crippen LogP contribution in [0.2, 0.25) is 0 Å². The maximum Gasteiger partial charge on any atom is 0.418 e. The number of nitrogens with two attached hydrogens (primary N) is 1. The normalized spacial score (nSPS) is 13.9. The van der Waals surface area contributed by atoms with Gasteiger partial charge < -0.3 is 10.6 Å². The zero-order valence-electron chi connectivity index (χ0n) is 12.9. The van der Waals surface area contributed by atoms with Crippen LogP contribution in [-0.4, -0.2) is 23.9 Å². The summed E-state index contributed by atoms with van der Waals surface area (Å²) >= 11 is 0. The van der Waals surface area contributed by atoms with E-state index in [0.29, 0.717) is 0 Å². The lowest BCUT2D eigenvalue weighted by molar-refractivity contribution is -0.136. The molecular formula is C15H21F3N2O. The van der Waals surface area contributed by atoms with Gasteiger partial charge in [-0.05, 0) is 24.5 Å². The van der Waals surface area contributed by atoms with E-state index in [2.05, 4.69) is 0 Å². The summed E-state index contributed by atoms with van der Waals surface area (Å²) in [6.07, 6.45) is -4.57. The van der Waals surface area contributed by atoms with Crippen molar-refractivity contribution in [2.75, 3.05) is 12.8 Å². The number of halogens is 3. The molecule has 1 amide bonds. The van der Waals surface area contributed by atoms with E-state index in [1.807, 2.05) is 27.7 Å². The lowest BCUT2D eigenvalue weighted by atomic mass is 9.87. The highest BCUT2D eigenvalue weighted by Gasteiger charge is 2.35. The molecule has 1 unspecified atom stereocenters. The topological polar surface area (TPSA) is 46.3 Å². The summed E-state index contributed by atoms with van der Waals surface area (Å²) < 4.78 is 38.5. The van der Waals surface area contributed by atoms with Crippen molar-refractivity contribution in [3.8, 4) is 0 Å². The standard InChI is InChI=1S/C15H21F3N2O/c1-9(14(2,3)4)20(5)13(21)10-7-6-8-11(12(10)19)15(16,17)18/h6-9H,19H2,1-5H3. The fraction of sp³-hybridized carbons (Fsp3) is 0.533. The minimum Gasteiger partial charge on any atom is -0.398 e. The first-order valence-corrected chi connectivity index (χ1v) is 6.60. The summed E-state index contributed by atoms with van der Waals surface area (Å²) in [6.45, 7) is 7.71. The molecule has 0 heterocycles. The third kappa shape index (κ3) is 3.68. The third-order valence-corrected chi connectivity index (χ3v) is 3.80. The third-order valence-electron chi connectivity index (χ3n) is 3.80. The summed E-state index contributed by atoms with van der Waals surface area (Å²) in [5.74, 6) is -0.513. The Morgan fingerprint density at radius 1 is 1.24 bits per heavy atom. The number of rotatable bonds is 2. The number of nitrogen functional groups attached to an aromatic ring is 1. The molecule has 21 heavy (non-hydrogen) atoms. The van der Waals surface area contributed by atoms with Crippen molar-refractivity contribution in [2.24, 2.45) is 5.41 Å². The number of nitrogens with zero attached hydrogens (tertiary/aromatic N) is 1. The van der Waals surface area contributed by atoms with Gasteiger partial charge in [0, 0.05) is 13.1 Å². The quantitative estimate of drug-likeness (QED) is 0.845. The first-order valence-electron chi connectivity index (χ1n) is 6.60. The average molecular weight is 302 g/mol. The maximum atomic E-state index is 12.8. The van der Waals surface area contributed by atoms with Crippen LogP contribution in [0.15, 0.2) is 18.2 Å². The van der Waals surface area contributed by atoms with Crippen LogP contribution in [0, 0.1) is 5.41 Å². The molecule has 0 aromatic heterocycles. The average Bonchev–Trinajstić information content (AvgIpc) is 2.34. The van der Waals surface area contributed by atoms with Crippen molar-refractivity contribution < 1.29 is 18.0 Å². The van der Waals surface area contributed by atoms with E-state index < -0.39 is 23.3 Å². The van der Waals surface area contributed by atoms with E-state index in [1.54, 1.807) is 7.05 Å². The van der Waals surface area contributed by atoms with Crippen molar-refractivity contribution in [1.29, 1.82) is 0 Å². The monoisotopic (exact) mass is 302 g/mol. The van der Waals surface area contributed by atoms with Crippen LogP contribution in [0.4, 0.5) is 18.9 Å². The van der Waals surface area contributed by atoms with Gasteiger partial charge in [-0.2, -0.15) is 13.2 Å². The molecule has 0 fully saturated rings. The van der Waals surface area contributed by atoms with Crippen LogP contribution < -0.4 is 5.73 Å². The van der Waals surface area contributed by atoms with Gasteiger partial charge in [0.25, 0.3) is 5.91 Å². The summed E-state index contributed by atoms with van der Waals surface area (Å²) in [4.78, 5) is 13.8. The number of hydrogen-bond acceptors (Lipinski definition) is 2. The second-order valence-corrected chi connectivity index (χ2v) is 6.22. The summed E-state index contributed by atoms with van der Waals surface area (Å²) in [5, 5.41) is 0. The van der Waals surface area contributed by atoms with Crippen LogP contribution in [0.5, 0.6) is 0 Å². The van der Waals surface area contributed by atoms with Gasteiger partial charge in [0.15, 0.2) is 0 Å². The first-order chi connectivity index (χ1) is 9.37. The SMILES string of the molecule is CC(N(C)C(=O)c1cccc(C(F)(F)F)c1N)C(C)(C)C. The number of amides is 1. The van der Waals surface area contributed by atoms with Crippen molar-refractivity contribution in [1.82, 2.24) is 4.90 Å². The van der Waals surface area contributed by atoms with Crippen LogP contribution in [0.25, 0.3) is 0 Å². The Hall–Kier alpha value is -1.72. The molecule has 6 heteroatoms. The molecule has 0 radical (unpaired) electrons. The Morgan fingerprint density at radius 2 is 1.76 bits per heavy atom. The van der Waals surface area contributed by atoms with Crippen molar-refractivity contribution >= 4 is 11.6 Å². The summed E-state index contributed by atoms with van der Waals surface area (Å²) in [5.41, 5.74) is 3.73. The molecule has 1 aromatic carbocycles. The van der Waals surface area contributed by atoms with E-state index in [4.69, 9.17) is 5.73 Å². The molecule has 3 nitrogen and oxygen atoms in total. The van der Waals surface area contributed by atoms with Crippen molar-refractivity contribution in [3.63, 3.8) is 0 Å². The van der Waals surface area contributed by atoms with E-state index in [-0.39, 0.29) is 17.0 Å². The van der Waals surface area contributed by atoms with Crippen LogP contribution >= 0.6 is 0 Å². The number of para-hydroxylation sites is 1. The predicted molar refractivity (Wildman–Crippen MR) is 76.9 cm³/mol. The molecule has 1 rings (SSSR count). The molecule has 118 valence electrons. The van der Waals surface area contributed by atoms with Gasteiger partial charge in [-0.3, -0.25) is 4.79 Å². The molecular weight excluding hydrogens is 281 g/mol. The second kappa shape index (κ2) is 5.58. The number of hydrogen-bond donors (Lipinski definition) is 1. The molecule has 0 saturated heterocycles. The minimum atomic E-state index is -4.57. The summed E-state index contributed by atoms with van der Waals surface area (Å²) in [6, 6.07) is 3.24. The zero-order chi connectivity index (χ0) is 16.6. The Balaban J connectivity index is 3.21. The zero-order valence-corrected chi connectivity index (χ0v) is 12.9. The van der Waals surface area contributed by atoms with E-state index in [0.717, 1.165) is 6.07 Å². The smallest absolute Gasteiger partial charge is 0.398 e. The number of carbonyl (C=O) groups excluding carboxylic acids is 1. The molecule has 0 aliphatic rings. The number of benzene rings is 1. The van der Waals surface area contributed by atoms with Gasteiger partial charge in [0.1, 0.15) is 0 Å². The Morgan fingerprint density at radius 3 is 2.19 bits per heavy atom. The molecule has 2 N–H and O–H groups in total. The number of alkyl halides is 3. The fourth-order valence-corrected chi connectivity index (χ4v) is 1.95. The van der Waals surface area contributed by atoms with Gasteiger partial charge in [-0.15, -0.1) is 0 Å². The highest BCUT2D eigenvalue weighted by Crippen LogP contribution is 2.35. The minimum absolute atomic E-state index is 0.122. The van der Waals surface area contributed by atoms with Gasteiger partial charge in [0.2, 0.25) is 0 Å². The van der Waals surface area contributed by atoms with Gasteiger partial charge in [0.05, 0.1) is 16.8 Å². The predicted octanol–water partition coefficient (Wildman–Crippen LogP) is 3.79. The largest absolute Gasteiger partial charge is 0.418 e. The number of carbonyl (C=O) groups is 1. The van der Waals surface area contributed by atoms with E-state index in [9.17, 15) is 18.0 Å². The Kier molecular flexibility index (Phi) is 4.60. The first kappa shape index (κ1) is 17.3. The molecule has 1 aromatic rings. The molecule has 0 saturated carbocycles. The maximum absolute atomic E-state index is 12.8. The van der Waals surface area contributed by atoms with Gasteiger partial charge >= 0.3 is 6.18 Å². The molecule has 0 bridgehead atoms. The lowest BCUT2D eigenvalue weighted by Gasteiger charge is -2.35.